The number of carbonyl (C=O) groups is 1. The topological polar surface area (TPSA) is 71.3 Å². The molecular weight excluding hydrogens is 312 g/mol. The second-order valence-electron chi connectivity index (χ2n) is 4.55. The van der Waals surface area contributed by atoms with Gasteiger partial charge in [-0.1, -0.05) is 12.1 Å². The molecule has 0 unspecified atom stereocenters. The minimum atomic E-state index is -0.407. The van der Waals surface area contributed by atoms with Gasteiger partial charge in [-0.25, -0.2) is 0 Å². The van der Waals surface area contributed by atoms with Crippen LogP contribution in [0.2, 0.25) is 0 Å². The van der Waals surface area contributed by atoms with Gasteiger partial charge < -0.3 is 14.8 Å². The van der Waals surface area contributed by atoms with E-state index in [-0.39, 0.29) is 5.57 Å². The van der Waals surface area contributed by atoms with Gasteiger partial charge in [-0.05, 0) is 35.2 Å². The van der Waals surface area contributed by atoms with Crippen molar-refractivity contribution in [1.82, 2.24) is 5.32 Å². The molecule has 1 N–H and O–H groups in total. The third-order valence-electron chi connectivity index (χ3n) is 3.09. The van der Waals surface area contributed by atoms with Crippen molar-refractivity contribution in [2.45, 2.75) is 6.54 Å². The van der Waals surface area contributed by atoms with Crippen LogP contribution in [-0.4, -0.2) is 20.1 Å². The van der Waals surface area contributed by atoms with Crippen LogP contribution in [0.3, 0.4) is 0 Å². The van der Waals surface area contributed by atoms with Crippen LogP contribution in [0.25, 0.3) is 6.08 Å². The van der Waals surface area contributed by atoms with Crippen LogP contribution in [0, 0.1) is 11.3 Å². The number of hydrogen-bond donors (Lipinski definition) is 1. The predicted octanol–water partition coefficient (Wildman–Crippen LogP) is 2.99. The molecule has 0 spiro atoms. The highest BCUT2D eigenvalue weighted by atomic mass is 32.1. The molecule has 0 bridgehead atoms. The number of ether oxygens (including phenoxy) is 2. The number of rotatable bonds is 6. The summed E-state index contributed by atoms with van der Waals surface area (Å²) in [6.07, 6.45) is 1.52. The van der Waals surface area contributed by atoms with E-state index in [1.807, 2.05) is 23.6 Å². The monoisotopic (exact) mass is 328 g/mol. The van der Waals surface area contributed by atoms with Crippen molar-refractivity contribution in [3.63, 3.8) is 0 Å². The zero-order valence-corrected chi connectivity index (χ0v) is 13.6. The van der Waals surface area contributed by atoms with Crippen molar-refractivity contribution in [1.29, 1.82) is 5.26 Å². The Kier molecular flexibility index (Phi) is 5.78. The number of methoxy groups -OCH3 is 2. The highest BCUT2D eigenvalue weighted by Crippen LogP contribution is 2.28. The molecule has 0 atom stereocenters. The number of thiophene rings is 1. The van der Waals surface area contributed by atoms with Crippen molar-refractivity contribution >= 4 is 23.3 Å². The Balaban J connectivity index is 2.14. The lowest BCUT2D eigenvalue weighted by molar-refractivity contribution is -0.117. The molecule has 118 valence electrons. The molecule has 0 saturated heterocycles. The third kappa shape index (κ3) is 4.34. The minimum absolute atomic E-state index is 0.0359. The van der Waals surface area contributed by atoms with Crippen LogP contribution in [0.5, 0.6) is 11.5 Å². The maximum absolute atomic E-state index is 12.1. The van der Waals surface area contributed by atoms with E-state index in [0.717, 1.165) is 4.88 Å². The molecule has 0 aliphatic carbocycles. The average molecular weight is 328 g/mol. The summed E-state index contributed by atoms with van der Waals surface area (Å²) in [7, 11) is 3.08. The lowest BCUT2D eigenvalue weighted by Gasteiger charge is -2.08. The Morgan fingerprint density at radius 2 is 2.09 bits per heavy atom. The van der Waals surface area contributed by atoms with Gasteiger partial charge in [0.05, 0.1) is 20.8 Å². The molecule has 1 aromatic carbocycles. The van der Waals surface area contributed by atoms with Gasteiger partial charge in [-0.3, -0.25) is 4.79 Å². The normalized spacial score (nSPS) is 10.7. The third-order valence-corrected chi connectivity index (χ3v) is 3.96. The lowest BCUT2D eigenvalue weighted by Crippen LogP contribution is -2.23. The van der Waals surface area contributed by atoms with Crippen LogP contribution in [0.1, 0.15) is 10.4 Å². The first kappa shape index (κ1) is 16.6. The molecule has 1 heterocycles. The summed E-state index contributed by atoms with van der Waals surface area (Å²) in [5, 5.41) is 13.9. The summed E-state index contributed by atoms with van der Waals surface area (Å²) < 4.78 is 10.4. The van der Waals surface area contributed by atoms with Crippen molar-refractivity contribution in [3.8, 4) is 17.6 Å². The maximum Gasteiger partial charge on any atom is 0.262 e. The van der Waals surface area contributed by atoms with E-state index in [1.54, 1.807) is 36.6 Å². The van der Waals surface area contributed by atoms with Gasteiger partial charge in [0.1, 0.15) is 11.6 Å². The molecule has 1 aromatic heterocycles. The lowest BCUT2D eigenvalue weighted by atomic mass is 10.1. The molecule has 23 heavy (non-hydrogen) atoms. The van der Waals surface area contributed by atoms with Gasteiger partial charge >= 0.3 is 0 Å². The summed E-state index contributed by atoms with van der Waals surface area (Å²) in [6.45, 7) is 0.404. The maximum atomic E-state index is 12.1. The fourth-order valence-electron chi connectivity index (χ4n) is 1.93. The molecule has 5 nitrogen and oxygen atoms in total. The van der Waals surface area contributed by atoms with Crippen molar-refractivity contribution in [3.05, 3.63) is 51.7 Å². The molecule has 1 amide bonds. The predicted molar refractivity (Wildman–Crippen MR) is 89.3 cm³/mol. The van der Waals surface area contributed by atoms with Crippen LogP contribution in [-0.2, 0) is 11.3 Å². The number of amides is 1. The van der Waals surface area contributed by atoms with Crippen molar-refractivity contribution in [2.75, 3.05) is 14.2 Å². The number of benzene rings is 1. The van der Waals surface area contributed by atoms with Crippen LogP contribution >= 0.6 is 11.3 Å². The summed E-state index contributed by atoms with van der Waals surface area (Å²) in [6, 6.07) is 11.0. The average Bonchev–Trinajstić information content (AvgIpc) is 3.10. The zero-order chi connectivity index (χ0) is 16.7. The van der Waals surface area contributed by atoms with Gasteiger partial charge in [0.25, 0.3) is 5.91 Å². The van der Waals surface area contributed by atoms with Gasteiger partial charge in [0, 0.05) is 4.88 Å². The fourth-order valence-corrected chi connectivity index (χ4v) is 2.58. The molecular formula is C17H16N2O3S. The fraction of sp³-hybridized carbons (Fsp3) is 0.176. The van der Waals surface area contributed by atoms with E-state index in [2.05, 4.69) is 5.32 Å². The first-order valence-electron chi connectivity index (χ1n) is 6.82. The van der Waals surface area contributed by atoms with E-state index in [0.29, 0.717) is 23.6 Å². The second-order valence-corrected chi connectivity index (χ2v) is 5.58. The molecule has 0 aliphatic heterocycles. The SMILES string of the molecule is COc1ccc(/C=C(\C#N)C(=O)NCc2cccs2)cc1OC. The summed E-state index contributed by atoms with van der Waals surface area (Å²) in [5.41, 5.74) is 0.722. The standard InChI is InChI=1S/C17H16N2O3S/c1-21-15-6-5-12(9-16(15)22-2)8-13(10-18)17(20)19-11-14-4-3-7-23-14/h3-9H,11H2,1-2H3,(H,19,20)/b13-8+. The molecule has 2 rings (SSSR count). The molecule has 6 heteroatoms. The highest BCUT2D eigenvalue weighted by Gasteiger charge is 2.10. The smallest absolute Gasteiger partial charge is 0.262 e. The summed E-state index contributed by atoms with van der Waals surface area (Å²) in [4.78, 5) is 13.1. The van der Waals surface area contributed by atoms with Crippen molar-refractivity contribution < 1.29 is 14.3 Å². The molecule has 2 aromatic rings. The molecule has 0 saturated carbocycles. The largest absolute Gasteiger partial charge is 0.493 e. The Labute approximate surface area is 138 Å². The Morgan fingerprint density at radius 1 is 1.30 bits per heavy atom. The summed E-state index contributed by atoms with van der Waals surface area (Å²) in [5.74, 6) is 0.721. The van der Waals surface area contributed by atoms with E-state index < -0.39 is 5.91 Å². The first-order valence-corrected chi connectivity index (χ1v) is 7.70. The van der Waals surface area contributed by atoms with Crippen molar-refractivity contribution in [2.24, 2.45) is 0 Å². The quantitative estimate of drug-likeness (QED) is 0.653. The van der Waals surface area contributed by atoms with E-state index in [1.165, 1.54) is 13.2 Å². The van der Waals surface area contributed by atoms with E-state index in [9.17, 15) is 10.1 Å². The van der Waals surface area contributed by atoms with Gasteiger partial charge in [0.2, 0.25) is 0 Å². The number of nitrogens with zero attached hydrogens (tertiary/aromatic N) is 1. The van der Waals surface area contributed by atoms with Gasteiger partial charge in [0.15, 0.2) is 11.5 Å². The first-order chi connectivity index (χ1) is 11.2. The molecule has 0 aliphatic rings. The molecule has 0 radical (unpaired) electrons. The molecule has 0 fully saturated rings. The van der Waals surface area contributed by atoms with E-state index in [4.69, 9.17) is 9.47 Å². The Bertz CT molecular complexity index is 746. The van der Waals surface area contributed by atoms with E-state index >= 15 is 0 Å². The van der Waals surface area contributed by atoms with Crippen LogP contribution < -0.4 is 14.8 Å². The summed E-state index contributed by atoms with van der Waals surface area (Å²) >= 11 is 1.55. The minimum Gasteiger partial charge on any atom is -0.493 e. The van der Waals surface area contributed by atoms with Gasteiger partial charge in [-0.2, -0.15) is 5.26 Å². The zero-order valence-electron chi connectivity index (χ0n) is 12.8. The second kappa shape index (κ2) is 8.01. The number of nitrogens with one attached hydrogen (secondary N) is 1. The highest BCUT2D eigenvalue weighted by molar-refractivity contribution is 7.09. The van der Waals surface area contributed by atoms with Gasteiger partial charge in [-0.15, -0.1) is 11.3 Å². The number of hydrogen-bond acceptors (Lipinski definition) is 5. The van der Waals surface area contributed by atoms with Crippen LogP contribution in [0.15, 0.2) is 41.3 Å². The Morgan fingerprint density at radius 3 is 2.70 bits per heavy atom. The van der Waals surface area contributed by atoms with Crippen LogP contribution in [0.4, 0.5) is 0 Å². The number of nitriles is 1. The number of carbonyl (C=O) groups excluding carboxylic acids is 1. The Hall–Kier alpha value is -2.78.